The molecule has 1 amide bonds. The van der Waals surface area contributed by atoms with Crippen molar-refractivity contribution in [2.45, 2.75) is 12.7 Å². The Morgan fingerprint density at radius 2 is 1.88 bits per heavy atom. The standard InChI is InChI=1S/C16H11ClF3NO3/c17-12-5-10(6-13-14(12)24-8-23-13)15(22)21-7-9-1-3-11(4-2-9)16(18,19)20/h1-6H,7-8H2,(H,21,22). The van der Waals surface area contributed by atoms with Crippen LogP contribution in [0.3, 0.4) is 0 Å². The quantitative estimate of drug-likeness (QED) is 0.902. The molecule has 1 N–H and O–H groups in total. The van der Waals surface area contributed by atoms with Crippen LogP contribution in [-0.4, -0.2) is 12.7 Å². The van der Waals surface area contributed by atoms with E-state index in [1.54, 1.807) is 0 Å². The van der Waals surface area contributed by atoms with Crippen LogP contribution in [0, 0.1) is 0 Å². The predicted octanol–water partition coefficient (Wildman–Crippen LogP) is 4.02. The first-order chi connectivity index (χ1) is 11.3. The molecule has 0 spiro atoms. The van der Waals surface area contributed by atoms with Gasteiger partial charge in [0.1, 0.15) is 0 Å². The molecule has 0 saturated heterocycles. The summed E-state index contributed by atoms with van der Waals surface area (Å²) < 4.78 is 47.8. The van der Waals surface area contributed by atoms with Gasteiger partial charge in [-0.25, -0.2) is 0 Å². The first kappa shape index (κ1) is 16.4. The van der Waals surface area contributed by atoms with Crippen LogP contribution in [0.2, 0.25) is 5.02 Å². The SMILES string of the molecule is O=C(NCc1ccc(C(F)(F)F)cc1)c1cc(Cl)c2c(c1)OCO2. The van der Waals surface area contributed by atoms with E-state index in [0.29, 0.717) is 17.1 Å². The van der Waals surface area contributed by atoms with Gasteiger partial charge in [0.15, 0.2) is 11.5 Å². The maximum atomic E-state index is 12.5. The second-order valence-electron chi connectivity index (χ2n) is 5.07. The van der Waals surface area contributed by atoms with Gasteiger partial charge < -0.3 is 14.8 Å². The van der Waals surface area contributed by atoms with Crippen molar-refractivity contribution in [3.05, 3.63) is 58.1 Å². The second-order valence-corrected chi connectivity index (χ2v) is 5.48. The molecule has 24 heavy (non-hydrogen) atoms. The molecule has 1 heterocycles. The van der Waals surface area contributed by atoms with E-state index in [0.717, 1.165) is 12.1 Å². The molecule has 0 bridgehead atoms. The van der Waals surface area contributed by atoms with Gasteiger partial charge in [0, 0.05) is 12.1 Å². The Labute approximate surface area is 140 Å². The molecular weight excluding hydrogens is 347 g/mol. The Bertz CT molecular complexity index is 775. The number of fused-ring (bicyclic) bond motifs is 1. The van der Waals surface area contributed by atoms with Crippen LogP contribution in [0.15, 0.2) is 36.4 Å². The van der Waals surface area contributed by atoms with Gasteiger partial charge in [-0.2, -0.15) is 13.2 Å². The fourth-order valence-corrected chi connectivity index (χ4v) is 2.46. The molecule has 1 aliphatic heterocycles. The Balaban J connectivity index is 1.67. The summed E-state index contributed by atoms with van der Waals surface area (Å²) >= 11 is 6.00. The predicted molar refractivity (Wildman–Crippen MR) is 80.2 cm³/mol. The molecule has 1 aliphatic rings. The molecule has 4 nitrogen and oxygen atoms in total. The highest BCUT2D eigenvalue weighted by Crippen LogP contribution is 2.39. The third-order valence-electron chi connectivity index (χ3n) is 3.42. The molecule has 0 atom stereocenters. The molecule has 2 aromatic carbocycles. The first-order valence-corrected chi connectivity index (χ1v) is 7.26. The smallest absolute Gasteiger partial charge is 0.416 e. The summed E-state index contributed by atoms with van der Waals surface area (Å²) in [5, 5.41) is 2.87. The summed E-state index contributed by atoms with van der Waals surface area (Å²) in [6.07, 6.45) is -4.38. The first-order valence-electron chi connectivity index (χ1n) is 6.88. The number of rotatable bonds is 3. The van der Waals surface area contributed by atoms with E-state index in [2.05, 4.69) is 5.32 Å². The number of carbonyl (C=O) groups is 1. The number of halogens is 4. The Morgan fingerprint density at radius 1 is 1.17 bits per heavy atom. The third kappa shape index (κ3) is 3.41. The van der Waals surface area contributed by atoms with Crippen LogP contribution < -0.4 is 14.8 Å². The van der Waals surface area contributed by atoms with Crippen molar-refractivity contribution in [3.8, 4) is 11.5 Å². The fraction of sp³-hybridized carbons (Fsp3) is 0.188. The van der Waals surface area contributed by atoms with Crippen LogP contribution in [0.4, 0.5) is 13.2 Å². The number of benzene rings is 2. The lowest BCUT2D eigenvalue weighted by Gasteiger charge is -2.09. The maximum Gasteiger partial charge on any atom is 0.416 e. The number of hydrogen-bond donors (Lipinski definition) is 1. The van der Waals surface area contributed by atoms with Crippen LogP contribution in [0.1, 0.15) is 21.5 Å². The minimum atomic E-state index is -4.38. The van der Waals surface area contributed by atoms with Gasteiger partial charge in [0.25, 0.3) is 5.91 Å². The van der Waals surface area contributed by atoms with Gasteiger partial charge in [-0.1, -0.05) is 23.7 Å². The second kappa shape index (κ2) is 6.24. The summed E-state index contributed by atoms with van der Waals surface area (Å²) in [7, 11) is 0. The van der Waals surface area contributed by atoms with E-state index < -0.39 is 17.6 Å². The van der Waals surface area contributed by atoms with E-state index in [9.17, 15) is 18.0 Å². The van der Waals surface area contributed by atoms with Crippen molar-refractivity contribution >= 4 is 17.5 Å². The molecule has 8 heteroatoms. The average Bonchev–Trinajstić information content (AvgIpc) is 3.01. The molecule has 0 unspecified atom stereocenters. The van der Waals surface area contributed by atoms with E-state index >= 15 is 0 Å². The van der Waals surface area contributed by atoms with E-state index in [4.69, 9.17) is 21.1 Å². The van der Waals surface area contributed by atoms with Crippen LogP contribution in [-0.2, 0) is 12.7 Å². The number of amides is 1. The molecule has 2 aromatic rings. The minimum Gasteiger partial charge on any atom is -0.454 e. The van der Waals surface area contributed by atoms with Gasteiger partial charge in [-0.3, -0.25) is 4.79 Å². The Hall–Kier alpha value is -2.41. The van der Waals surface area contributed by atoms with Crippen molar-refractivity contribution in [2.75, 3.05) is 6.79 Å². The Morgan fingerprint density at radius 3 is 2.54 bits per heavy atom. The van der Waals surface area contributed by atoms with Crippen molar-refractivity contribution < 1.29 is 27.4 Å². The lowest BCUT2D eigenvalue weighted by molar-refractivity contribution is -0.137. The third-order valence-corrected chi connectivity index (χ3v) is 3.70. The van der Waals surface area contributed by atoms with Crippen molar-refractivity contribution in [3.63, 3.8) is 0 Å². The summed E-state index contributed by atoms with van der Waals surface area (Å²) in [5.74, 6) is 0.341. The van der Waals surface area contributed by atoms with Crippen LogP contribution in [0.25, 0.3) is 0 Å². The van der Waals surface area contributed by atoms with Crippen LogP contribution in [0.5, 0.6) is 11.5 Å². The lowest BCUT2D eigenvalue weighted by Crippen LogP contribution is -2.22. The van der Waals surface area contributed by atoms with E-state index in [1.165, 1.54) is 24.3 Å². The lowest BCUT2D eigenvalue weighted by atomic mass is 10.1. The zero-order valence-corrected chi connectivity index (χ0v) is 12.9. The zero-order valence-electron chi connectivity index (χ0n) is 12.1. The molecule has 0 aromatic heterocycles. The van der Waals surface area contributed by atoms with E-state index in [1.807, 2.05) is 0 Å². The molecule has 0 radical (unpaired) electrons. The minimum absolute atomic E-state index is 0.0334. The highest BCUT2D eigenvalue weighted by molar-refractivity contribution is 6.32. The fourth-order valence-electron chi connectivity index (χ4n) is 2.19. The molecule has 0 fully saturated rings. The summed E-state index contributed by atoms with van der Waals surface area (Å²) in [4.78, 5) is 12.2. The highest BCUT2D eigenvalue weighted by atomic mass is 35.5. The molecule has 0 aliphatic carbocycles. The van der Waals surface area contributed by atoms with E-state index in [-0.39, 0.29) is 23.9 Å². The van der Waals surface area contributed by atoms with Gasteiger partial charge >= 0.3 is 6.18 Å². The number of alkyl halides is 3. The highest BCUT2D eigenvalue weighted by Gasteiger charge is 2.29. The zero-order chi connectivity index (χ0) is 17.3. The summed E-state index contributed by atoms with van der Waals surface area (Å²) in [6.45, 7) is 0.120. The average molecular weight is 358 g/mol. The largest absolute Gasteiger partial charge is 0.454 e. The number of hydrogen-bond acceptors (Lipinski definition) is 3. The maximum absolute atomic E-state index is 12.5. The monoisotopic (exact) mass is 357 g/mol. The van der Waals surface area contributed by atoms with Crippen LogP contribution >= 0.6 is 11.6 Å². The van der Waals surface area contributed by atoms with Crippen molar-refractivity contribution in [2.24, 2.45) is 0 Å². The molecular formula is C16H11ClF3NO3. The normalized spacial score (nSPS) is 13.0. The summed E-state index contributed by atoms with van der Waals surface area (Å²) in [5.41, 5.74) is 0.0829. The van der Waals surface area contributed by atoms with Crippen molar-refractivity contribution in [1.82, 2.24) is 5.32 Å². The Kier molecular flexibility index (Phi) is 4.28. The number of nitrogens with one attached hydrogen (secondary N) is 1. The summed E-state index contributed by atoms with van der Waals surface area (Å²) in [6, 6.07) is 7.51. The number of carbonyl (C=O) groups excluding carboxylic acids is 1. The topological polar surface area (TPSA) is 47.6 Å². The van der Waals surface area contributed by atoms with Gasteiger partial charge in [0.05, 0.1) is 10.6 Å². The van der Waals surface area contributed by atoms with Gasteiger partial charge in [-0.15, -0.1) is 0 Å². The van der Waals surface area contributed by atoms with Gasteiger partial charge in [0.2, 0.25) is 6.79 Å². The number of ether oxygens (including phenoxy) is 2. The molecule has 126 valence electrons. The van der Waals surface area contributed by atoms with Gasteiger partial charge in [-0.05, 0) is 29.8 Å². The molecule has 3 rings (SSSR count). The van der Waals surface area contributed by atoms with Crippen molar-refractivity contribution in [1.29, 1.82) is 0 Å². The molecule has 0 saturated carbocycles.